The maximum atomic E-state index is 12.5. The third kappa shape index (κ3) is 3.66. The smallest absolute Gasteiger partial charge is 0.349 e. The van der Waals surface area contributed by atoms with Crippen molar-refractivity contribution < 1.29 is 24.2 Å². The Bertz CT molecular complexity index is 1350. The summed E-state index contributed by atoms with van der Waals surface area (Å²) in [5.41, 5.74) is -1.35. The van der Waals surface area contributed by atoms with Gasteiger partial charge in [0.1, 0.15) is 39.9 Å². The number of nitrogens with zero attached hydrogens (tertiary/aromatic N) is 1. The number of aryl methyl sites for hydroxylation is 2. The largest absolute Gasteiger partial charge is 0.507 e. The van der Waals surface area contributed by atoms with Gasteiger partial charge in [0.15, 0.2) is 0 Å². The molecule has 3 heterocycles. The normalized spacial score (nSPS) is 10.9. The number of pyridine rings is 1. The first-order valence-corrected chi connectivity index (χ1v) is 9.23. The summed E-state index contributed by atoms with van der Waals surface area (Å²) in [5.74, 6) is -0.352. The van der Waals surface area contributed by atoms with E-state index in [1.807, 2.05) is 0 Å². The zero-order chi connectivity index (χ0) is 22.3. The van der Waals surface area contributed by atoms with Crippen LogP contribution in [0.1, 0.15) is 11.5 Å². The fraction of sp³-hybridized carbons (Fsp3) is 0.0870. The van der Waals surface area contributed by atoms with Crippen LogP contribution in [0.2, 0.25) is 0 Å². The van der Waals surface area contributed by atoms with Crippen LogP contribution in [0, 0.1) is 13.8 Å². The zero-order valence-electron chi connectivity index (χ0n) is 16.5. The summed E-state index contributed by atoms with van der Waals surface area (Å²) in [7, 11) is 0. The van der Waals surface area contributed by atoms with Gasteiger partial charge in [-0.15, -0.1) is 0 Å². The lowest BCUT2D eigenvalue weighted by molar-refractivity contribution is 0.438. The number of rotatable bonds is 3. The molecule has 3 N–H and O–H groups in total. The van der Waals surface area contributed by atoms with Gasteiger partial charge in [-0.05, 0) is 37.6 Å². The summed E-state index contributed by atoms with van der Waals surface area (Å²) in [4.78, 5) is 29.2. The molecule has 0 atom stereocenters. The van der Waals surface area contributed by atoms with E-state index < -0.39 is 11.3 Å². The Labute approximate surface area is 175 Å². The van der Waals surface area contributed by atoms with Gasteiger partial charge in [0.2, 0.25) is 0 Å². The molecule has 156 valence electrons. The maximum absolute atomic E-state index is 12.5. The number of aromatic hydroxyl groups is 3. The van der Waals surface area contributed by atoms with Crippen LogP contribution in [0.4, 0.5) is 0 Å². The van der Waals surface area contributed by atoms with Gasteiger partial charge in [-0.25, -0.2) is 14.6 Å². The van der Waals surface area contributed by atoms with Gasteiger partial charge in [-0.1, -0.05) is 18.2 Å². The SMILES string of the molecule is Cc1cc(O)c(-c2cc(-c3ccccc3O)cc(-c3c(O)cc(C)oc3=O)n2)c(=O)o1. The Morgan fingerprint density at radius 2 is 1.19 bits per heavy atom. The Hall–Kier alpha value is -4.33. The van der Waals surface area contributed by atoms with Crippen molar-refractivity contribution >= 4 is 0 Å². The van der Waals surface area contributed by atoms with Crippen LogP contribution in [0.25, 0.3) is 33.6 Å². The van der Waals surface area contributed by atoms with Crippen LogP contribution in [0.5, 0.6) is 17.2 Å². The standard InChI is InChI=1S/C23H17NO7/c1-11-7-18(26)20(22(28)30-11)15-9-13(14-5-3-4-6-17(14)25)10-16(24-15)21-19(27)8-12(2)31-23(21)29/h3-10,25-27H,1-2H3. The molecule has 0 bridgehead atoms. The van der Waals surface area contributed by atoms with E-state index in [-0.39, 0.29) is 51.3 Å². The lowest BCUT2D eigenvalue weighted by atomic mass is 9.99. The highest BCUT2D eigenvalue weighted by Crippen LogP contribution is 2.36. The fourth-order valence-corrected chi connectivity index (χ4v) is 3.32. The first kappa shape index (κ1) is 20.0. The molecule has 0 amide bonds. The highest BCUT2D eigenvalue weighted by atomic mass is 16.4. The minimum Gasteiger partial charge on any atom is -0.507 e. The summed E-state index contributed by atoms with van der Waals surface area (Å²) < 4.78 is 10.2. The van der Waals surface area contributed by atoms with Gasteiger partial charge in [-0.2, -0.15) is 0 Å². The Balaban J connectivity index is 2.08. The van der Waals surface area contributed by atoms with Crippen LogP contribution in [0.3, 0.4) is 0 Å². The molecule has 0 aliphatic heterocycles. The van der Waals surface area contributed by atoms with Crippen molar-refractivity contribution in [2.45, 2.75) is 13.8 Å². The minimum absolute atomic E-state index is 0.0126. The topological polar surface area (TPSA) is 134 Å². The van der Waals surface area contributed by atoms with Crippen LogP contribution < -0.4 is 11.3 Å². The number of phenolic OH excluding ortho intramolecular Hbond substituents is 1. The molecule has 1 aromatic carbocycles. The Kier molecular flexibility index (Phi) is 4.82. The second-order valence-electron chi connectivity index (χ2n) is 6.95. The third-order valence-corrected chi connectivity index (χ3v) is 4.66. The zero-order valence-corrected chi connectivity index (χ0v) is 16.5. The van der Waals surface area contributed by atoms with Gasteiger partial charge in [0, 0.05) is 17.7 Å². The van der Waals surface area contributed by atoms with E-state index >= 15 is 0 Å². The average Bonchev–Trinajstić information content (AvgIpc) is 2.66. The number of phenols is 1. The third-order valence-electron chi connectivity index (χ3n) is 4.66. The molecule has 0 radical (unpaired) electrons. The molecular formula is C23H17NO7. The second kappa shape index (κ2) is 7.49. The molecule has 0 fully saturated rings. The van der Waals surface area contributed by atoms with Crippen LogP contribution >= 0.6 is 0 Å². The van der Waals surface area contributed by atoms with Gasteiger partial charge in [0.05, 0.1) is 11.4 Å². The van der Waals surface area contributed by atoms with E-state index in [1.165, 1.54) is 44.2 Å². The molecule has 4 rings (SSSR count). The summed E-state index contributed by atoms with van der Waals surface area (Å²) in [6, 6.07) is 11.9. The van der Waals surface area contributed by atoms with Crippen LogP contribution in [0.15, 0.2) is 67.0 Å². The van der Waals surface area contributed by atoms with Gasteiger partial charge in [0.25, 0.3) is 0 Å². The molecule has 0 saturated carbocycles. The van der Waals surface area contributed by atoms with E-state index in [9.17, 15) is 24.9 Å². The Morgan fingerprint density at radius 1 is 0.710 bits per heavy atom. The lowest BCUT2D eigenvalue weighted by Gasteiger charge is -2.11. The van der Waals surface area contributed by atoms with Crippen molar-refractivity contribution in [3.05, 3.63) is 80.9 Å². The predicted octanol–water partition coefficient (Wildman–Crippen LogP) is 3.72. The fourth-order valence-electron chi connectivity index (χ4n) is 3.32. The lowest BCUT2D eigenvalue weighted by Crippen LogP contribution is -2.08. The molecule has 31 heavy (non-hydrogen) atoms. The average molecular weight is 419 g/mol. The summed E-state index contributed by atoms with van der Waals surface area (Å²) in [6.07, 6.45) is 0. The van der Waals surface area contributed by atoms with Gasteiger partial charge in [-0.3, -0.25) is 0 Å². The molecule has 0 saturated heterocycles. The number of aromatic nitrogens is 1. The molecule has 4 aromatic rings. The molecule has 8 heteroatoms. The van der Waals surface area contributed by atoms with Crippen molar-refractivity contribution in [3.63, 3.8) is 0 Å². The van der Waals surface area contributed by atoms with Gasteiger partial charge < -0.3 is 24.2 Å². The molecule has 0 aliphatic carbocycles. The highest BCUT2D eigenvalue weighted by molar-refractivity contribution is 5.81. The number of para-hydroxylation sites is 1. The van der Waals surface area contributed by atoms with E-state index in [0.717, 1.165) is 0 Å². The van der Waals surface area contributed by atoms with Gasteiger partial charge >= 0.3 is 11.3 Å². The quantitative estimate of drug-likeness (QED) is 0.457. The van der Waals surface area contributed by atoms with E-state index in [2.05, 4.69) is 4.98 Å². The van der Waals surface area contributed by atoms with E-state index in [0.29, 0.717) is 11.1 Å². The second-order valence-corrected chi connectivity index (χ2v) is 6.95. The van der Waals surface area contributed by atoms with Crippen LogP contribution in [-0.2, 0) is 0 Å². The predicted molar refractivity (Wildman–Crippen MR) is 112 cm³/mol. The first-order chi connectivity index (χ1) is 14.7. The molecule has 8 nitrogen and oxygen atoms in total. The summed E-state index contributed by atoms with van der Waals surface area (Å²) in [6.45, 7) is 3.02. The highest BCUT2D eigenvalue weighted by Gasteiger charge is 2.21. The molecule has 0 unspecified atom stereocenters. The maximum Gasteiger partial charge on any atom is 0.349 e. The van der Waals surface area contributed by atoms with Crippen molar-refractivity contribution in [2.24, 2.45) is 0 Å². The number of hydrogen-bond donors (Lipinski definition) is 3. The molecule has 0 spiro atoms. The summed E-state index contributed by atoms with van der Waals surface area (Å²) >= 11 is 0. The van der Waals surface area contributed by atoms with E-state index in [1.54, 1.807) is 18.2 Å². The monoisotopic (exact) mass is 419 g/mol. The van der Waals surface area contributed by atoms with Crippen molar-refractivity contribution in [2.75, 3.05) is 0 Å². The van der Waals surface area contributed by atoms with Crippen LogP contribution in [-0.4, -0.2) is 20.3 Å². The van der Waals surface area contributed by atoms with Crippen molar-refractivity contribution in [3.8, 4) is 50.9 Å². The number of benzene rings is 1. The Morgan fingerprint density at radius 3 is 1.65 bits per heavy atom. The molecular weight excluding hydrogens is 402 g/mol. The molecule has 0 aliphatic rings. The molecule has 3 aromatic heterocycles. The van der Waals surface area contributed by atoms with Crippen molar-refractivity contribution in [1.29, 1.82) is 0 Å². The van der Waals surface area contributed by atoms with E-state index in [4.69, 9.17) is 8.83 Å². The number of hydrogen-bond acceptors (Lipinski definition) is 8. The summed E-state index contributed by atoms with van der Waals surface area (Å²) in [5, 5.41) is 31.0. The minimum atomic E-state index is -0.828. The van der Waals surface area contributed by atoms with Crippen molar-refractivity contribution in [1.82, 2.24) is 4.98 Å². The first-order valence-electron chi connectivity index (χ1n) is 9.23.